The molecule has 0 radical (unpaired) electrons. The van der Waals surface area contributed by atoms with Crippen molar-refractivity contribution in [1.82, 2.24) is 19.6 Å². The lowest BCUT2D eigenvalue weighted by Crippen LogP contribution is -2.51. The fourth-order valence-corrected chi connectivity index (χ4v) is 6.41. The zero-order chi connectivity index (χ0) is 18.5. The van der Waals surface area contributed by atoms with Gasteiger partial charge in [0, 0.05) is 53.4 Å². The van der Waals surface area contributed by atoms with Crippen molar-refractivity contribution in [3.05, 3.63) is 0 Å². The average Bonchev–Trinajstić information content (AvgIpc) is 3.32. The summed E-state index contributed by atoms with van der Waals surface area (Å²) >= 11 is 0. The number of amides is 3. The van der Waals surface area contributed by atoms with E-state index in [2.05, 4.69) is 16.8 Å². The summed E-state index contributed by atoms with van der Waals surface area (Å²) in [6, 6.07) is 0.126. The first-order valence-electron chi connectivity index (χ1n) is 10.3. The van der Waals surface area contributed by atoms with Crippen molar-refractivity contribution >= 4 is 11.9 Å². The smallest absolute Gasteiger partial charge is 0.319 e. The minimum absolute atomic E-state index is 0.126. The molecule has 6 heteroatoms. The molecule has 0 N–H and O–H groups in total. The molecule has 4 aliphatic rings. The molecule has 4 rings (SSSR count). The van der Waals surface area contributed by atoms with E-state index in [1.54, 1.807) is 4.90 Å². The van der Waals surface area contributed by atoms with Gasteiger partial charge in [-0.3, -0.25) is 4.79 Å². The fourth-order valence-electron chi connectivity index (χ4n) is 6.41. The molecule has 3 aliphatic heterocycles. The largest absolute Gasteiger partial charge is 0.342 e. The third-order valence-electron chi connectivity index (χ3n) is 7.75. The Kier molecular flexibility index (Phi) is 4.45. The van der Waals surface area contributed by atoms with E-state index in [-0.39, 0.29) is 16.9 Å². The second-order valence-electron chi connectivity index (χ2n) is 9.43. The zero-order valence-electron chi connectivity index (χ0n) is 16.7. The summed E-state index contributed by atoms with van der Waals surface area (Å²) in [4.78, 5) is 34.0. The lowest BCUT2D eigenvalue weighted by Gasteiger charge is -2.45. The van der Waals surface area contributed by atoms with Gasteiger partial charge in [-0.15, -0.1) is 0 Å². The Bertz CT molecular complexity index is 578. The van der Waals surface area contributed by atoms with Crippen molar-refractivity contribution in [3.63, 3.8) is 0 Å². The van der Waals surface area contributed by atoms with Crippen LogP contribution in [-0.4, -0.2) is 91.9 Å². The maximum absolute atomic E-state index is 13.5. The number of urea groups is 1. The van der Waals surface area contributed by atoms with E-state index in [4.69, 9.17) is 0 Å². The Labute approximate surface area is 157 Å². The van der Waals surface area contributed by atoms with E-state index in [9.17, 15) is 9.59 Å². The van der Waals surface area contributed by atoms with Gasteiger partial charge in [0.25, 0.3) is 0 Å². The van der Waals surface area contributed by atoms with E-state index in [1.807, 2.05) is 19.0 Å². The summed E-state index contributed by atoms with van der Waals surface area (Å²) in [6.45, 7) is 5.55. The van der Waals surface area contributed by atoms with Crippen molar-refractivity contribution in [1.29, 1.82) is 0 Å². The molecule has 3 amide bonds. The van der Waals surface area contributed by atoms with Crippen molar-refractivity contribution in [3.8, 4) is 0 Å². The van der Waals surface area contributed by atoms with Gasteiger partial charge in [-0.05, 0) is 56.9 Å². The van der Waals surface area contributed by atoms with Crippen LogP contribution >= 0.6 is 0 Å². The maximum atomic E-state index is 13.5. The molecule has 1 spiro atoms. The molecular formula is C20H34N4O2. The predicted octanol–water partition coefficient (Wildman–Crippen LogP) is 1.71. The molecule has 4 fully saturated rings. The zero-order valence-corrected chi connectivity index (χ0v) is 16.7. The van der Waals surface area contributed by atoms with E-state index >= 15 is 0 Å². The Morgan fingerprint density at radius 3 is 2.19 bits per heavy atom. The number of likely N-dealkylation sites (tertiary alicyclic amines) is 3. The summed E-state index contributed by atoms with van der Waals surface area (Å²) in [5, 5.41) is 0. The first kappa shape index (κ1) is 18.1. The normalized spacial score (nSPS) is 33.7. The lowest BCUT2D eigenvalue weighted by atomic mass is 9.65. The van der Waals surface area contributed by atoms with Gasteiger partial charge in [-0.25, -0.2) is 4.79 Å². The fraction of sp³-hybridized carbons (Fsp3) is 0.900. The van der Waals surface area contributed by atoms with Crippen LogP contribution in [-0.2, 0) is 4.79 Å². The number of hydrogen-bond acceptors (Lipinski definition) is 3. The standard InChI is InChI=1S/C20H34N4O2/c1-21(2)18(26)24-12-8-19(9-13-24)6-7-20(15-22(3)14-16(19)20)17(25)23-10-4-5-11-23/h16H,4-15H2,1-3H3/t16-,20+/m0/s1. The van der Waals surface area contributed by atoms with Crippen LogP contribution in [0, 0.1) is 16.7 Å². The molecule has 0 aromatic carbocycles. The molecule has 0 aromatic heterocycles. The predicted molar refractivity (Wildman–Crippen MR) is 101 cm³/mol. The molecule has 0 bridgehead atoms. The van der Waals surface area contributed by atoms with E-state index in [1.165, 1.54) is 0 Å². The summed E-state index contributed by atoms with van der Waals surface area (Å²) in [7, 11) is 5.83. The highest BCUT2D eigenvalue weighted by Crippen LogP contribution is 2.62. The Balaban J connectivity index is 1.53. The van der Waals surface area contributed by atoms with Gasteiger partial charge >= 0.3 is 6.03 Å². The quantitative estimate of drug-likeness (QED) is 0.713. The highest BCUT2D eigenvalue weighted by Gasteiger charge is 2.64. The highest BCUT2D eigenvalue weighted by molar-refractivity contribution is 5.84. The maximum Gasteiger partial charge on any atom is 0.319 e. The van der Waals surface area contributed by atoms with Crippen molar-refractivity contribution in [2.45, 2.75) is 38.5 Å². The minimum atomic E-state index is -0.160. The van der Waals surface area contributed by atoms with Crippen LogP contribution in [0.15, 0.2) is 0 Å². The van der Waals surface area contributed by atoms with Crippen molar-refractivity contribution in [2.75, 3.05) is 60.4 Å². The van der Waals surface area contributed by atoms with Crippen LogP contribution in [0.1, 0.15) is 38.5 Å². The second-order valence-corrected chi connectivity index (χ2v) is 9.43. The number of piperidine rings is 1. The number of hydrogen-bond donors (Lipinski definition) is 0. The molecule has 26 heavy (non-hydrogen) atoms. The van der Waals surface area contributed by atoms with Crippen LogP contribution in [0.2, 0.25) is 0 Å². The van der Waals surface area contributed by atoms with Gasteiger partial charge in [0.1, 0.15) is 0 Å². The molecule has 3 saturated heterocycles. The number of nitrogens with zero attached hydrogens (tertiary/aromatic N) is 4. The van der Waals surface area contributed by atoms with Gasteiger partial charge < -0.3 is 19.6 Å². The van der Waals surface area contributed by atoms with Gasteiger partial charge in [-0.2, -0.15) is 0 Å². The topological polar surface area (TPSA) is 47.1 Å². The molecule has 146 valence electrons. The molecule has 2 atom stereocenters. The lowest BCUT2D eigenvalue weighted by molar-refractivity contribution is -0.142. The average molecular weight is 363 g/mol. The van der Waals surface area contributed by atoms with E-state index in [0.29, 0.717) is 11.8 Å². The van der Waals surface area contributed by atoms with Gasteiger partial charge in [0.05, 0.1) is 5.41 Å². The summed E-state index contributed by atoms with van der Waals surface area (Å²) < 4.78 is 0. The molecule has 6 nitrogen and oxygen atoms in total. The van der Waals surface area contributed by atoms with Gasteiger partial charge in [0.2, 0.25) is 5.91 Å². The summed E-state index contributed by atoms with van der Waals surface area (Å²) in [5.74, 6) is 0.901. The molecule has 0 aromatic rings. The SMILES string of the molecule is CN1C[C@H]2C3(CCN(C(=O)N(C)C)CC3)CC[C@@]2(C(=O)N2CCCC2)C1. The highest BCUT2D eigenvalue weighted by atomic mass is 16.2. The summed E-state index contributed by atoms with van der Waals surface area (Å²) in [5.41, 5.74) is 0.0933. The Morgan fingerprint density at radius 1 is 0.923 bits per heavy atom. The number of carbonyl (C=O) groups excluding carboxylic acids is 2. The second kappa shape index (κ2) is 6.39. The van der Waals surface area contributed by atoms with Crippen LogP contribution in [0.3, 0.4) is 0 Å². The van der Waals surface area contributed by atoms with E-state index in [0.717, 1.165) is 77.8 Å². The first-order chi connectivity index (χ1) is 12.4. The Hall–Kier alpha value is -1.30. The van der Waals surface area contributed by atoms with Crippen LogP contribution in [0.25, 0.3) is 0 Å². The number of fused-ring (bicyclic) bond motifs is 2. The molecular weight excluding hydrogens is 328 g/mol. The molecule has 1 saturated carbocycles. The number of carbonyl (C=O) groups is 2. The van der Waals surface area contributed by atoms with Crippen LogP contribution in [0.5, 0.6) is 0 Å². The minimum Gasteiger partial charge on any atom is -0.342 e. The first-order valence-corrected chi connectivity index (χ1v) is 10.3. The third kappa shape index (κ3) is 2.63. The summed E-state index contributed by atoms with van der Waals surface area (Å²) in [6.07, 6.45) is 6.64. The van der Waals surface area contributed by atoms with Crippen molar-refractivity contribution in [2.24, 2.45) is 16.7 Å². The van der Waals surface area contributed by atoms with Crippen LogP contribution < -0.4 is 0 Å². The van der Waals surface area contributed by atoms with Crippen LogP contribution in [0.4, 0.5) is 4.79 Å². The molecule has 3 heterocycles. The van der Waals surface area contributed by atoms with Gasteiger partial charge in [-0.1, -0.05) is 0 Å². The molecule has 1 aliphatic carbocycles. The number of rotatable bonds is 1. The molecule has 0 unspecified atom stereocenters. The van der Waals surface area contributed by atoms with Gasteiger partial charge in [0.15, 0.2) is 0 Å². The van der Waals surface area contributed by atoms with E-state index < -0.39 is 0 Å². The third-order valence-corrected chi connectivity index (χ3v) is 7.75. The monoisotopic (exact) mass is 362 g/mol. The Morgan fingerprint density at radius 2 is 1.58 bits per heavy atom. The van der Waals surface area contributed by atoms with Crippen molar-refractivity contribution < 1.29 is 9.59 Å².